The summed E-state index contributed by atoms with van der Waals surface area (Å²) in [5.74, 6) is 1.99. The normalized spacial score (nSPS) is 26.8. The lowest BCUT2D eigenvalue weighted by atomic mass is 10.0. The summed E-state index contributed by atoms with van der Waals surface area (Å²) in [5.41, 5.74) is 0. The van der Waals surface area contributed by atoms with Crippen LogP contribution in [0.1, 0.15) is 50.5 Å². The molecule has 26 heavy (non-hydrogen) atoms. The minimum Gasteiger partial charge on any atom is -0.466 e. The molecule has 2 fully saturated rings. The third kappa shape index (κ3) is 4.13. The van der Waals surface area contributed by atoms with E-state index in [9.17, 15) is 13.2 Å². The third-order valence-electron chi connectivity index (χ3n) is 5.26. The fourth-order valence-corrected chi connectivity index (χ4v) is 4.91. The molecule has 0 aromatic carbocycles. The maximum absolute atomic E-state index is 12.9. The Labute approximate surface area is 155 Å². The summed E-state index contributed by atoms with van der Waals surface area (Å²) in [6, 6.07) is 3.80. The molecule has 2 aliphatic rings. The van der Waals surface area contributed by atoms with Crippen LogP contribution in [0.2, 0.25) is 0 Å². The molecule has 1 aromatic heterocycles. The predicted molar refractivity (Wildman–Crippen MR) is 96.5 cm³/mol. The highest BCUT2D eigenvalue weighted by molar-refractivity contribution is 7.86. The van der Waals surface area contributed by atoms with Gasteiger partial charge in [0, 0.05) is 26.1 Å². The van der Waals surface area contributed by atoms with Crippen LogP contribution in [-0.4, -0.2) is 49.7 Å². The molecule has 0 N–H and O–H groups in total. The molecule has 0 spiro atoms. The molecule has 1 saturated heterocycles. The van der Waals surface area contributed by atoms with E-state index in [2.05, 4.69) is 6.92 Å². The van der Waals surface area contributed by atoms with Crippen LogP contribution >= 0.6 is 0 Å². The SMILES string of the molecule is CCOC(=O)[C@@H]1CCCN(S(=O)(=O)N(C)Cc2ccc([C@@H]3C[C@@H]3C)o2)C1. The van der Waals surface area contributed by atoms with E-state index >= 15 is 0 Å². The lowest BCUT2D eigenvalue weighted by molar-refractivity contribution is -0.149. The largest absolute Gasteiger partial charge is 0.466 e. The summed E-state index contributed by atoms with van der Waals surface area (Å²) in [6.07, 6.45) is 2.45. The van der Waals surface area contributed by atoms with E-state index < -0.39 is 16.1 Å². The first-order valence-electron chi connectivity index (χ1n) is 9.29. The lowest BCUT2D eigenvalue weighted by Crippen LogP contribution is -2.48. The van der Waals surface area contributed by atoms with Gasteiger partial charge in [-0.3, -0.25) is 4.79 Å². The van der Waals surface area contributed by atoms with Gasteiger partial charge in [0.2, 0.25) is 0 Å². The first-order valence-corrected chi connectivity index (χ1v) is 10.7. The molecule has 1 saturated carbocycles. The van der Waals surface area contributed by atoms with Gasteiger partial charge in [0.15, 0.2) is 0 Å². The molecular formula is C18H28N2O5S. The van der Waals surface area contributed by atoms with E-state index in [-0.39, 0.29) is 19.1 Å². The van der Waals surface area contributed by atoms with Crippen LogP contribution in [0.3, 0.4) is 0 Å². The Kier molecular flexibility index (Phi) is 5.74. The number of esters is 1. The Bertz CT molecular complexity index is 745. The molecule has 1 aliphatic heterocycles. The van der Waals surface area contributed by atoms with Crippen molar-refractivity contribution in [2.45, 2.75) is 45.6 Å². The zero-order chi connectivity index (χ0) is 18.9. The molecule has 8 heteroatoms. The van der Waals surface area contributed by atoms with E-state index in [1.165, 1.54) is 8.61 Å². The zero-order valence-corrected chi connectivity index (χ0v) is 16.5. The Morgan fingerprint density at radius 2 is 2.15 bits per heavy atom. The predicted octanol–water partition coefficient (Wildman–Crippen LogP) is 2.35. The topological polar surface area (TPSA) is 80.1 Å². The van der Waals surface area contributed by atoms with Crippen molar-refractivity contribution in [2.24, 2.45) is 11.8 Å². The third-order valence-corrected chi connectivity index (χ3v) is 7.16. The molecular weight excluding hydrogens is 356 g/mol. The van der Waals surface area contributed by atoms with Crippen molar-refractivity contribution in [1.82, 2.24) is 8.61 Å². The van der Waals surface area contributed by atoms with Crippen molar-refractivity contribution >= 4 is 16.2 Å². The van der Waals surface area contributed by atoms with Crippen LogP contribution in [0.5, 0.6) is 0 Å². The van der Waals surface area contributed by atoms with E-state index in [4.69, 9.17) is 9.15 Å². The number of hydrogen-bond acceptors (Lipinski definition) is 5. The second-order valence-electron chi connectivity index (χ2n) is 7.34. The molecule has 7 nitrogen and oxygen atoms in total. The maximum Gasteiger partial charge on any atom is 0.310 e. The monoisotopic (exact) mass is 384 g/mol. The van der Waals surface area contributed by atoms with Crippen molar-refractivity contribution in [3.63, 3.8) is 0 Å². The maximum atomic E-state index is 12.9. The molecule has 1 aliphatic carbocycles. The van der Waals surface area contributed by atoms with E-state index in [0.29, 0.717) is 43.6 Å². The minimum absolute atomic E-state index is 0.175. The van der Waals surface area contributed by atoms with Crippen molar-refractivity contribution < 1.29 is 22.4 Å². The minimum atomic E-state index is -3.65. The summed E-state index contributed by atoms with van der Waals surface area (Å²) < 4.78 is 39.3. The van der Waals surface area contributed by atoms with Crippen LogP contribution in [0.15, 0.2) is 16.5 Å². The highest BCUT2D eigenvalue weighted by atomic mass is 32.2. The van der Waals surface area contributed by atoms with Crippen LogP contribution in [-0.2, 0) is 26.3 Å². The Morgan fingerprint density at radius 3 is 2.81 bits per heavy atom. The number of piperidine rings is 1. The smallest absolute Gasteiger partial charge is 0.310 e. The Hall–Kier alpha value is -1.38. The van der Waals surface area contributed by atoms with Crippen molar-refractivity contribution in [3.8, 4) is 0 Å². The van der Waals surface area contributed by atoms with Gasteiger partial charge in [0.05, 0.1) is 19.1 Å². The first kappa shape index (κ1) is 19.4. The van der Waals surface area contributed by atoms with Gasteiger partial charge in [0.25, 0.3) is 10.2 Å². The van der Waals surface area contributed by atoms with Gasteiger partial charge >= 0.3 is 5.97 Å². The number of hydrogen-bond donors (Lipinski definition) is 0. The molecule has 146 valence electrons. The summed E-state index contributed by atoms with van der Waals surface area (Å²) in [6.45, 7) is 5.02. The van der Waals surface area contributed by atoms with Crippen molar-refractivity contribution in [2.75, 3.05) is 26.7 Å². The fourth-order valence-electron chi connectivity index (χ4n) is 3.50. The van der Waals surface area contributed by atoms with Gasteiger partial charge in [-0.1, -0.05) is 6.92 Å². The average Bonchev–Trinajstić information content (AvgIpc) is 3.16. The zero-order valence-electron chi connectivity index (χ0n) is 15.7. The molecule has 1 aromatic rings. The molecule has 3 rings (SSSR count). The number of carbonyl (C=O) groups is 1. The second kappa shape index (κ2) is 7.70. The molecule has 3 atom stereocenters. The van der Waals surface area contributed by atoms with Gasteiger partial charge in [-0.2, -0.15) is 17.0 Å². The van der Waals surface area contributed by atoms with E-state index in [1.54, 1.807) is 14.0 Å². The van der Waals surface area contributed by atoms with Crippen LogP contribution < -0.4 is 0 Å². The van der Waals surface area contributed by atoms with Gasteiger partial charge in [-0.15, -0.1) is 0 Å². The summed E-state index contributed by atoms with van der Waals surface area (Å²) in [5, 5.41) is 0. The second-order valence-corrected chi connectivity index (χ2v) is 9.37. The number of nitrogens with zero attached hydrogens (tertiary/aromatic N) is 2. The van der Waals surface area contributed by atoms with Crippen LogP contribution in [0.4, 0.5) is 0 Å². The molecule has 2 heterocycles. The van der Waals surface area contributed by atoms with E-state index in [0.717, 1.165) is 12.2 Å². The molecule has 0 radical (unpaired) electrons. The average molecular weight is 384 g/mol. The lowest BCUT2D eigenvalue weighted by Gasteiger charge is -2.33. The number of carbonyl (C=O) groups excluding carboxylic acids is 1. The van der Waals surface area contributed by atoms with Gasteiger partial charge in [-0.05, 0) is 44.2 Å². The number of rotatable bonds is 7. The van der Waals surface area contributed by atoms with Gasteiger partial charge < -0.3 is 9.15 Å². The summed E-state index contributed by atoms with van der Waals surface area (Å²) in [7, 11) is -2.10. The van der Waals surface area contributed by atoms with Crippen LogP contribution in [0.25, 0.3) is 0 Å². The molecule has 0 amide bonds. The van der Waals surface area contributed by atoms with E-state index in [1.807, 2.05) is 12.1 Å². The highest BCUT2D eigenvalue weighted by Crippen LogP contribution is 2.47. The Morgan fingerprint density at radius 1 is 1.42 bits per heavy atom. The quantitative estimate of drug-likeness (QED) is 0.674. The molecule has 0 bridgehead atoms. The van der Waals surface area contributed by atoms with Gasteiger partial charge in [-0.25, -0.2) is 0 Å². The number of ether oxygens (including phenoxy) is 1. The standard InChI is InChI=1S/C18H28N2O5S/c1-4-24-18(21)14-6-5-9-20(11-14)26(22,23)19(3)12-15-7-8-17(25-15)16-10-13(16)2/h7-8,13-14,16H,4-6,9-12H2,1-3H3/t13-,14+,16+/m0/s1. The highest BCUT2D eigenvalue weighted by Gasteiger charge is 2.38. The van der Waals surface area contributed by atoms with Crippen LogP contribution in [0, 0.1) is 11.8 Å². The number of furan rings is 1. The fraction of sp³-hybridized carbons (Fsp3) is 0.722. The molecule has 0 unspecified atom stereocenters. The first-order chi connectivity index (χ1) is 12.3. The van der Waals surface area contributed by atoms with Crippen molar-refractivity contribution in [3.05, 3.63) is 23.7 Å². The Balaban J connectivity index is 1.62. The van der Waals surface area contributed by atoms with Gasteiger partial charge in [0.1, 0.15) is 11.5 Å². The summed E-state index contributed by atoms with van der Waals surface area (Å²) >= 11 is 0. The van der Waals surface area contributed by atoms with Crippen molar-refractivity contribution in [1.29, 1.82) is 0 Å². The summed E-state index contributed by atoms with van der Waals surface area (Å²) in [4.78, 5) is 12.0.